The highest BCUT2D eigenvalue weighted by Crippen LogP contribution is 2.64. The van der Waals surface area contributed by atoms with Crippen LogP contribution in [-0.4, -0.2) is 82.2 Å². The second kappa shape index (κ2) is 12.3. The summed E-state index contributed by atoms with van der Waals surface area (Å²) < 4.78 is 6.88. The van der Waals surface area contributed by atoms with Crippen molar-refractivity contribution >= 4 is 23.4 Å². The van der Waals surface area contributed by atoms with Crippen molar-refractivity contribution in [3.63, 3.8) is 0 Å². The predicted octanol–water partition coefficient (Wildman–Crippen LogP) is 4.42. The second-order valence-corrected chi connectivity index (χ2v) is 12.7. The Kier molecular flexibility index (Phi) is 9.38. The Morgan fingerprint density at radius 2 is 1.86 bits per heavy atom. The molecule has 1 spiro atoms. The van der Waals surface area contributed by atoms with Gasteiger partial charge in [0.25, 0.3) is 5.91 Å². The van der Waals surface area contributed by atoms with Crippen LogP contribution in [0.3, 0.4) is 0 Å². The van der Waals surface area contributed by atoms with Crippen LogP contribution in [0.1, 0.15) is 64.5 Å². The normalized spacial score (nSPS) is 29.3. The van der Waals surface area contributed by atoms with Crippen LogP contribution < -0.4 is 4.90 Å². The Labute approximate surface area is 251 Å². The zero-order valence-corrected chi connectivity index (χ0v) is 26.3. The molecule has 1 aromatic rings. The molecule has 8 nitrogen and oxygen atoms in total. The van der Waals surface area contributed by atoms with Gasteiger partial charge in [0.05, 0.1) is 30.1 Å². The highest BCUT2D eigenvalue weighted by Gasteiger charge is 2.79. The molecule has 0 aromatic heterocycles. The van der Waals surface area contributed by atoms with Gasteiger partial charge in [0.2, 0.25) is 11.8 Å². The summed E-state index contributed by atoms with van der Waals surface area (Å²) in [5, 5.41) is 10.7. The van der Waals surface area contributed by atoms with Gasteiger partial charge in [0, 0.05) is 25.3 Å². The molecule has 3 aliphatic rings. The number of aryl methyl sites for hydroxylation is 2. The topological polar surface area (TPSA) is 90.4 Å². The van der Waals surface area contributed by atoms with Crippen molar-refractivity contribution in [3.05, 3.63) is 54.6 Å². The van der Waals surface area contributed by atoms with E-state index in [-0.39, 0.29) is 36.8 Å². The predicted molar refractivity (Wildman–Crippen MR) is 165 cm³/mol. The lowest BCUT2D eigenvalue weighted by atomic mass is 9.66. The van der Waals surface area contributed by atoms with Crippen LogP contribution in [-0.2, 0) is 19.1 Å². The summed E-state index contributed by atoms with van der Waals surface area (Å²) in [6.45, 7) is 20.5. The number of aliphatic hydroxyl groups is 1. The molecule has 3 heterocycles. The zero-order valence-electron chi connectivity index (χ0n) is 26.3. The van der Waals surface area contributed by atoms with Gasteiger partial charge >= 0.3 is 0 Å². The minimum Gasteiger partial charge on any atom is -0.394 e. The minimum atomic E-state index is -1.17. The van der Waals surface area contributed by atoms with E-state index >= 15 is 0 Å². The fourth-order valence-electron chi connectivity index (χ4n) is 7.70. The molecule has 3 amide bonds. The van der Waals surface area contributed by atoms with Crippen LogP contribution in [0.15, 0.2) is 43.5 Å². The van der Waals surface area contributed by atoms with Gasteiger partial charge in [0.15, 0.2) is 0 Å². The molecular formula is C34H49N3O5. The molecule has 42 heavy (non-hydrogen) atoms. The molecule has 1 N–H and O–H groups in total. The molecule has 0 radical (unpaired) electrons. The average molecular weight is 580 g/mol. The lowest BCUT2D eigenvalue weighted by molar-refractivity contribution is -0.153. The first kappa shape index (κ1) is 32.0. The third-order valence-electron chi connectivity index (χ3n) is 9.95. The van der Waals surface area contributed by atoms with E-state index in [1.54, 1.807) is 26.9 Å². The molecule has 230 valence electrons. The molecule has 0 aliphatic carbocycles. The summed E-state index contributed by atoms with van der Waals surface area (Å²) in [5.41, 5.74) is 0.645. The number of fused-ring (bicyclic) bond motifs is 1. The Balaban J connectivity index is 1.89. The van der Waals surface area contributed by atoms with E-state index in [1.807, 2.05) is 59.7 Å². The van der Waals surface area contributed by atoms with Gasteiger partial charge in [-0.1, -0.05) is 51.5 Å². The van der Waals surface area contributed by atoms with Gasteiger partial charge in [-0.2, -0.15) is 0 Å². The molecular weight excluding hydrogens is 530 g/mol. The molecule has 0 saturated carbocycles. The number of aliphatic hydroxyl groups excluding tert-OH is 1. The molecule has 2 unspecified atom stereocenters. The summed E-state index contributed by atoms with van der Waals surface area (Å²) in [6.07, 6.45) is 5.93. The van der Waals surface area contributed by atoms with Crippen molar-refractivity contribution in [2.75, 3.05) is 31.1 Å². The summed E-state index contributed by atoms with van der Waals surface area (Å²) in [5.74, 6) is -2.29. The van der Waals surface area contributed by atoms with Crippen LogP contribution in [0.5, 0.6) is 0 Å². The van der Waals surface area contributed by atoms with Gasteiger partial charge in [0.1, 0.15) is 11.6 Å². The summed E-state index contributed by atoms with van der Waals surface area (Å²) in [4.78, 5) is 48.9. The molecule has 3 saturated heterocycles. The van der Waals surface area contributed by atoms with Gasteiger partial charge in [-0.25, -0.2) is 0 Å². The maximum atomic E-state index is 14.9. The number of ether oxygens (including phenoxy) is 1. The highest BCUT2D eigenvalue weighted by molar-refractivity contribution is 6.05. The first-order valence-corrected chi connectivity index (χ1v) is 15.5. The first-order chi connectivity index (χ1) is 20.0. The molecule has 1 aromatic carbocycles. The third-order valence-corrected chi connectivity index (χ3v) is 9.95. The van der Waals surface area contributed by atoms with Gasteiger partial charge in [-0.05, 0) is 63.1 Å². The number of nitrogens with zero attached hydrogens (tertiary/aromatic N) is 3. The summed E-state index contributed by atoms with van der Waals surface area (Å²) in [7, 11) is 0. The molecule has 2 bridgehead atoms. The number of likely N-dealkylation sites (tertiary alicyclic amines) is 1. The van der Waals surface area contributed by atoms with E-state index in [9.17, 15) is 19.5 Å². The fraction of sp³-hybridized carbons (Fsp3) is 0.618. The van der Waals surface area contributed by atoms with E-state index in [0.717, 1.165) is 23.2 Å². The maximum Gasteiger partial charge on any atom is 0.253 e. The summed E-state index contributed by atoms with van der Waals surface area (Å²) in [6, 6.07) is 4.39. The van der Waals surface area contributed by atoms with E-state index in [2.05, 4.69) is 13.2 Å². The molecule has 8 heteroatoms. The van der Waals surface area contributed by atoms with Crippen LogP contribution >= 0.6 is 0 Å². The van der Waals surface area contributed by atoms with Gasteiger partial charge < -0.3 is 24.5 Å². The Hall–Kier alpha value is -2.97. The smallest absolute Gasteiger partial charge is 0.253 e. The van der Waals surface area contributed by atoms with Crippen molar-refractivity contribution < 1.29 is 24.2 Å². The lowest BCUT2D eigenvalue weighted by Crippen LogP contribution is -2.60. The fourth-order valence-corrected chi connectivity index (χ4v) is 7.70. The van der Waals surface area contributed by atoms with Crippen LogP contribution in [0, 0.1) is 31.6 Å². The SMILES string of the molecule is C=CCN(CCC)C(=O)[C@H]1[C@H]2C(=O)N([C@@H](CO)[C@@H](C)CC)C(C(=O)N(CC=C)c3cc(C)ccc3C)C23CC[C@]1(C)O3. The molecule has 3 fully saturated rings. The Morgan fingerprint density at radius 1 is 1.17 bits per heavy atom. The highest BCUT2D eigenvalue weighted by atomic mass is 16.5. The largest absolute Gasteiger partial charge is 0.394 e. The van der Waals surface area contributed by atoms with Crippen molar-refractivity contribution in [3.8, 4) is 0 Å². The monoisotopic (exact) mass is 579 g/mol. The summed E-state index contributed by atoms with van der Waals surface area (Å²) >= 11 is 0. The van der Waals surface area contributed by atoms with Crippen molar-refractivity contribution in [1.82, 2.24) is 9.80 Å². The van der Waals surface area contributed by atoms with Crippen molar-refractivity contribution in [2.45, 2.75) is 90.5 Å². The second-order valence-electron chi connectivity index (χ2n) is 12.7. The van der Waals surface area contributed by atoms with E-state index in [4.69, 9.17) is 4.74 Å². The van der Waals surface area contributed by atoms with Crippen LogP contribution in [0.4, 0.5) is 5.69 Å². The van der Waals surface area contributed by atoms with E-state index < -0.39 is 35.1 Å². The number of carbonyl (C=O) groups is 3. The Bertz CT molecular complexity index is 1230. The third kappa shape index (κ3) is 5.00. The zero-order chi connectivity index (χ0) is 31.0. The van der Waals surface area contributed by atoms with Crippen LogP contribution in [0.2, 0.25) is 0 Å². The number of rotatable bonds is 13. The Morgan fingerprint density at radius 3 is 2.45 bits per heavy atom. The quantitative estimate of drug-likeness (QED) is 0.350. The molecule has 3 aliphatic heterocycles. The molecule has 7 atom stereocenters. The number of benzene rings is 1. The van der Waals surface area contributed by atoms with Crippen molar-refractivity contribution in [1.29, 1.82) is 0 Å². The van der Waals surface area contributed by atoms with Gasteiger partial charge in [-0.15, -0.1) is 13.2 Å². The standard InChI is InChI=1S/C34H49N3O5/c1-9-17-35(18-10-2)30(39)27-28-31(40)37(26(21-38)23(6)12-4)29(34(28)16-15-33(27,8)42-34)32(41)36(19-11-3)25-20-22(5)13-14-24(25)7/h9,11,13-14,20,23,26-29,38H,1,3,10,12,15-19,21H2,2,4-8H3/t23-,26-,27+,28-,29?,33-,34?/m0/s1. The van der Waals surface area contributed by atoms with Gasteiger partial charge in [-0.3, -0.25) is 14.4 Å². The number of amides is 3. The number of anilines is 1. The van der Waals surface area contributed by atoms with Crippen molar-refractivity contribution in [2.24, 2.45) is 17.8 Å². The number of carbonyl (C=O) groups excluding carboxylic acids is 3. The molecule has 4 rings (SSSR count). The van der Waals surface area contributed by atoms with Crippen LogP contribution in [0.25, 0.3) is 0 Å². The first-order valence-electron chi connectivity index (χ1n) is 15.5. The lowest BCUT2D eigenvalue weighted by Gasteiger charge is -2.41. The number of hydrogen-bond donors (Lipinski definition) is 1. The maximum absolute atomic E-state index is 14.9. The van der Waals surface area contributed by atoms with E-state index in [1.165, 1.54) is 0 Å². The average Bonchev–Trinajstić information content (AvgIpc) is 3.53. The minimum absolute atomic E-state index is 0.0719. The van der Waals surface area contributed by atoms with E-state index in [0.29, 0.717) is 32.4 Å². The number of hydrogen-bond acceptors (Lipinski definition) is 5.